The Bertz CT molecular complexity index is 445. The molecule has 0 aliphatic rings. The zero-order valence-corrected chi connectivity index (χ0v) is 9.66. The number of imidazole rings is 1. The molecule has 16 heavy (non-hydrogen) atoms. The van der Waals surface area contributed by atoms with Crippen LogP contribution in [-0.4, -0.2) is 16.6 Å². The number of hydrogen-bond donors (Lipinski definition) is 1. The van der Waals surface area contributed by atoms with Crippen LogP contribution in [0.2, 0.25) is 0 Å². The van der Waals surface area contributed by atoms with Crippen molar-refractivity contribution in [2.45, 2.75) is 20.3 Å². The third-order valence-corrected chi connectivity index (χ3v) is 2.30. The molecule has 0 bridgehead atoms. The van der Waals surface area contributed by atoms with Gasteiger partial charge < -0.3 is 9.72 Å². The van der Waals surface area contributed by atoms with E-state index < -0.39 is 0 Å². The van der Waals surface area contributed by atoms with E-state index in [4.69, 9.17) is 4.74 Å². The van der Waals surface area contributed by atoms with E-state index in [2.05, 4.69) is 16.9 Å². The predicted octanol–water partition coefficient (Wildman–Crippen LogP) is 3.17. The fraction of sp³-hybridized carbons (Fsp3) is 0.308. The predicted molar refractivity (Wildman–Crippen MR) is 64.5 cm³/mol. The standard InChI is InChI=1S/C13H16N2O/c1-3-8-16-12-6-4-11(5-7-12)13-14-9-10(2)15-13/h4-7,9H,3,8H2,1-2H3,(H,14,15). The van der Waals surface area contributed by atoms with E-state index in [1.165, 1.54) is 0 Å². The molecular formula is C13H16N2O. The minimum absolute atomic E-state index is 0.763. The fourth-order valence-corrected chi connectivity index (χ4v) is 1.49. The maximum Gasteiger partial charge on any atom is 0.137 e. The van der Waals surface area contributed by atoms with Gasteiger partial charge in [-0.05, 0) is 37.6 Å². The van der Waals surface area contributed by atoms with Gasteiger partial charge in [0.25, 0.3) is 0 Å². The number of aromatic amines is 1. The minimum Gasteiger partial charge on any atom is -0.494 e. The smallest absolute Gasteiger partial charge is 0.137 e. The van der Waals surface area contributed by atoms with Crippen LogP contribution in [0.5, 0.6) is 5.75 Å². The number of benzene rings is 1. The first-order valence-corrected chi connectivity index (χ1v) is 5.54. The molecule has 1 heterocycles. The third kappa shape index (κ3) is 2.42. The highest BCUT2D eigenvalue weighted by Gasteiger charge is 2.01. The van der Waals surface area contributed by atoms with Crippen molar-refractivity contribution in [3.63, 3.8) is 0 Å². The van der Waals surface area contributed by atoms with Gasteiger partial charge in [-0.2, -0.15) is 0 Å². The molecule has 0 amide bonds. The van der Waals surface area contributed by atoms with E-state index in [0.717, 1.165) is 35.9 Å². The molecule has 0 radical (unpaired) electrons. The molecule has 0 unspecified atom stereocenters. The van der Waals surface area contributed by atoms with E-state index >= 15 is 0 Å². The lowest BCUT2D eigenvalue weighted by molar-refractivity contribution is 0.317. The van der Waals surface area contributed by atoms with E-state index in [9.17, 15) is 0 Å². The van der Waals surface area contributed by atoms with Crippen LogP contribution in [0.4, 0.5) is 0 Å². The molecular weight excluding hydrogens is 200 g/mol. The van der Waals surface area contributed by atoms with Gasteiger partial charge in [0.05, 0.1) is 6.61 Å². The summed E-state index contributed by atoms with van der Waals surface area (Å²) in [7, 11) is 0. The zero-order chi connectivity index (χ0) is 11.4. The third-order valence-electron chi connectivity index (χ3n) is 2.30. The van der Waals surface area contributed by atoms with E-state index in [1.54, 1.807) is 0 Å². The molecule has 0 aliphatic carbocycles. The summed E-state index contributed by atoms with van der Waals surface area (Å²) in [5.41, 5.74) is 2.15. The average molecular weight is 216 g/mol. The van der Waals surface area contributed by atoms with Gasteiger partial charge in [-0.1, -0.05) is 6.92 Å². The lowest BCUT2D eigenvalue weighted by Crippen LogP contribution is -1.94. The molecule has 3 heteroatoms. The van der Waals surface area contributed by atoms with Crippen LogP contribution >= 0.6 is 0 Å². The number of rotatable bonds is 4. The van der Waals surface area contributed by atoms with Gasteiger partial charge in [0.2, 0.25) is 0 Å². The largest absolute Gasteiger partial charge is 0.494 e. The minimum atomic E-state index is 0.763. The molecule has 1 aromatic carbocycles. The topological polar surface area (TPSA) is 37.9 Å². The Balaban J connectivity index is 2.13. The Labute approximate surface area is 95.5 Å². The van der Waals surface area contributed by atoms with Crippen molar-refractivity contribution in [2.75, 3.05) is 6.61 Å². The molecule has 0 fully saturated rings. The Morgan fingerprint density at radius 1 is 1.25 bits per heavy atom. The summed E-state index contributed by atoms with van der Waals surface area (Å²) in [5, 5.41) is 0. The van der Waals surface area contributed by atoms with Crippen LogP contribution in [0.1, 0.15) is 19.0 Å². The molecule has 3 nitrogen and oxygen atoms in total. The molecule has 1 aromatic heterocycles. The van der Waals surface area contributed by atoms with Gasteiger partial charge in [-0.25, -0.2) is 4.98 Å². The van der Waals surface area contributed by atoms with Gasteiger partial charge >= 0.3 is 0 Å². The molecule has 0 aliphatic heterocycles. The van der Waals surface area contributed by atoms with Crippen LogP contribution in [0.15, 0.2) is 30.5 Å². The van der Waals surface area contributed by atoms with Gasteiger partial charge in [-0.15, -0.1) is 0 Å². The summed E-state index contributed by atoms with van der Waals surface area (Å²) < 4.78 is 5.52. The Morgan fingerprint density at radius 3 is 2.56 bits per heavy atom. The molecule has 0 saturated carbocycles. The van der Waals surface area contributed by atoms with Crippen LogP contribution in [-0.2, 0) is 0 Å². The normalized spacial score (nSPS) is 10.4. The summed E-state index contributed by atoms with van der Waals surface area (Å²) in [4.78, 5) is 7.48. The first-order valence-electron chi connectivity index (χ1n) is 5.54. The van der Waals surface area contributed by atoms with Crippen molar-refractivity contribution < 1.29 is 4.74 Å². The summed E-state index contributed by atoms with van der Waals surface area (Å²) in [6.07, 6.45) is 2.86. The van der Waals surface area contributed by atoms with Gasteiger partial charge in [0.15, 0.2) is 0 Å². The molecule has 0 atom stereocenters. The monoisotopic (exact) mass is 216 g/mol. The Kier molecular flexibility index (Phi) is 3.25. The summed E-state index contributed by atoms with van der Waals surface area (Å²) in [5.74, 6) is 1.81. The van der Waals surface area contributed by atoms with E-state index in [1.807, 2.05) is 37.4 Å². The number of aromatic nitrogens is 2. The van der Waals surface area contributed by atoms with Gasteiger partial charge in [0, 0.05) is 17.5 Å². The van der Waals surface area contributed by atoms with Crippen LogP contribution < -0.4 is 4.74 Å². The number of hydrogen-bond acceptors (Lipinski definition) is 2. The number of nitrogens with one attached hydrogen (secondary N) is 1. The quantitative estimate of drug-likeness (QED) is 0.852. The number of aryl methyl sites for hydroxylation is 1. The van der Waals surface area contributed by atoms with Crippen molar-refractivity contribution in [3.8, 4) is 17.1 Å². The highest BCUT2D eigenvalue weighted by Crippen LogP contribution is 2.19. The van der Waals surface area contributed by atoms with Gasteiger partial charge in [0.1, 0.15) is 11.6 Å². The second kappa shape index (κ2) is 4.84. The van der Waals surface area contributed by atoms with Gasteiger partial charge in [-0.3, -0.25) is 0 Å². The maximum atomic E-state index is 5.52. The highest BCUT2D eigenvalue weighted by molar-refractivity contribution is 5.56. The summed E-state index contributed by atoms with van der Waals surface area (Å²) >= 11 is 0. The lowest BCUT2D eigenvalue weighted by atomic mass is 10.2. The van der Waals surface area contributed by atoms with E-state index in [0.29, 0.717) is 0 Å². The van der Waals surface area contributed by atoms with Crippen LogP contribution in [0, 0.1) is 6.92 Å². The second-order valence-electron chi connectivity index (χ2n) is 3.79. The highest BCUT2D eigenvalue weighted by atomic mass is 16.5. The average Bonchev–Trinajstić information content (AvgIpc) is 2.74. The SMILES string of the molecule is CCCOc1ccc(-c2ncc(C)[nH]2)cc1. The van der Waals surface area contributed by atoms with Crippen molar-refractivity contribution in [2.24, 2.45) is 0 Å². The lowest BCUT2D eigenvalue weighted by Gasteiger charge is -2.04. The second-order valence-corrected chi connectivity index (χ2v) is 3.79. The molecule has 0 spiro atoms. The molecule has 2 aromatic rings. The fourth-order valence-electron chi connectivity index (χ4n) is 1.49. The Morgan fingerprint density at radius 2 is 2.00 bits per heavy atom. The van der Waals surface area contributed by atoms with Crippen molar-refractivity contribution in [3.05, 3.63) is 36.2 Å². The first-order chi connectivity index (χ1) is 7.79. The molecule has 84 valence electrons. The molecule has 0 saturated heterocycles. The Hall–Kier alpha value is -1.77. The number of nitrogens with zero attached hydrogens (tertiary/aromatic N) is 1. The zero-order valence-electron chi connectivity index (χ0n) is 9.66. The number of H-pyrrole nitrogens is 1. The van der Waals surface area contributed by atoms with Crippen molar-refractivity contribution >= 4 is 0 Å². The van der Waals surface area contributed by atoms with Crippen LogP contribution in [0.3, 0.4) is 0 Å². The van der Waals surface area contributed by atoms with E-state index in [-0.39, 0.29) is 0 Å². The molecule has 2 rings (SSSR count). The summed E-state index contributed by atoms with van der Waals surface area (Å²) in [6.45, 7) is 4.86. The van der Waals surface area contributed by atoms with Crippen LogP contribution in [0.25, 0.3) is 11.4 Å². The van der Waals surface area contributed by atoms with Crippen molar-refractivity contribution in [1.29, 1.82) is 0 Å². The van der Waals surface area contributed by atoms with Crippen molar-refractivity contribution in [1.82, 2.24) is 9.97 Å². The summed E-state index contributed by atoms with van der Waals surface area (Å²) in [6, 6.07) is 7.98. The maximum absolute atomic E-state index is 5.52. The first kappa shape index (κ1) is 10.7. The molecule has 1 N–H and O–H groups in total. The number of ether oxygens (including phenoxy) is 1.